The first-order chi connectivity index (χ1) is 12.8. The summed E-state index contributed by atoms with van der Waals surface area (Å²) in [7, 11) is 0. The molecule has 1 aliphatic rings. The van der Waals surface area contributed by atoms with E-state index in [9.17, 15) is 27.2 Å². The number of benzene rings is 2. The van der Waals surface area contributed by atoms with Crippen molar-refractivity contribution >= 4 is 17.5 Å². The van der Waals surface area contributed by atoms with E-state index in [-0.39, 0.29) is 31.1 Å². The van der Waals surface area contributed by atoms with Crippen LogP contribution in [0.15, 0.2) is 48.5 Å². The Kier molecular flexibility index (Phi) is 5.16. The van der Waals surface area contributed by atoms with Crippen molar-refractivity contribution in [3.8, 4) is 0 Å². The molecule has 0 saturated carbocycles. The van der Waals surface area contributed by atoms with Gasteiger partial charge in [0.05, 0.1) is 17.2 Å². The number of hydrogen-bond acceptors (Lipinski definition) is 2. The summed E-state index contributed by atoms with van der Waals surface area (Å²) in [4.78, 5) is 25.8. The molecule has 2 amide bonds. The number of halogens is 4. The maximum Gasteiger partial charge on any atom is 0.418 e. The molecule has 1 saturated heterocycles. The zero-order valence-electron chi connectivity index (χ0n) is 14.1. The van der Waals surface area contributed by atoms with Gasteiger partial charge in [0.2, 0.25) is 11.8 Å². The summed E-state index contributed by atoms with van der Waals surface area (Å²) in [5.41, 5.74) is -0.991. The Morgan fingerprint density at radius 3 is 2.48 bits per heavy atom. The molecule has 27 heavy (non-hydrogen) atoms. The summed E-state index contributed by atoms with van der Waals surface area (Å²) < 4.78 is 52.8. The number of likely N-dealkylation sites (tertiary alicyclic amines) is 1. The lowest BCUT2D eigenvalue weighted by atomic mass is 10.1. The van der Waals surface area contributed by atoms with Crippen molar-refractivity contribution in [3.63, 3.8) is 0 Å². The number of nitrogens with one attached hydrogen (secondary N) is 1. The Labute approximate surface area is 152 Å². The van der Waals surface area contributed by atoms with Crippen LogP contribution in [0.2, 0.25) is 0 Å². The second-order valence-electron chi connectivity index (χ2n) is 6.30. The maximum atomic E-state index is 13.7. The van der Waals surface area contributed by atoms with Crippen LogP contribution in [0.1, 0.15) is 17.5 Å². The Morgan fingerprint density at radius 1 is 1.11 bits per heavy atom. The molecule has 8 heteroatoms. The standard InChI is InChI=1S/C19H16F4N2O2/c20-15-7-3-1-5-12(15)10-25-11-13(9-17(25)26)18(27)24-16-8-4-2-6-14(16)19(21,22)23/h1-8,13H,9-11H2,(H,24,27). The summed E-state index contributed by atoms with van der Waals surface area (Å²) in [6, 6.07) is 10.6. The highest BCUT2D eigenvalue weighted by molar-refractivity contribution is 5.97. The van der Waals surface area contributed by atoms with Crippen molar-refractivity contribution < 1.29 is 27.2 Å². The van der Waals surface area contributed by atoms with Gasteiger partial charge in [-0.2, -0.15) is 13.2 Å². The predicted molar refractivity (Wildman–Crippen MR) is 90.0 cm³/mol. The Hall–Kier alpha value is -2.90. The first kappa shape index (κ1) is 18.9. The lowest BCUT2D eigenvalue weighted by molar-refractivity contribution is -0.137. The fraction of sp³-hybridized carbons (Fsp3) is 0.263. The highest BCUT2D eigenvalue weighted by Gasteiger charge is 2.37. The van der Waals surface area contributed by atoms with Crippen molar-refractivity contribution in [1.29, 1.82) is 0 Å². The summed E-state index contributed by atoms with van der Waals surface area (Å²) in [5, 5.41) is 2.26. The zero-order valence-corrected chi connectivity index (χ0v) is 14.1. The van der Waals surface area contributed by atoms with Crippen LogP contribution in [0.5, 0.6) is 0 Å². The molecular weight excluding hydrogens is 364 g/mol. The quantitative estimate of drug-likeness (QED) is 0.820. The minimum atomic E-state index is -4.60. The topological polar surface area (TPSA) is 49.4 Å². The van der Waals surface area contributed by atoms with E-state index in [1.54, 1.807) is 6.07 Å². The number of para-hydroxylation sites is 1. The van der Waals surface area contributed by atoms with Gasteiger partial charge in [-0.15, -0.1) is 0 Å². The highest BCUT2D eigenvalue weighted by atomic mass is 19.4. The molecule has 2 aromatic carbocycles. The number of hydrogen-bond donors (Lipinski definition) is 1. The van der Waals surface area contributed by atoms with Crippen molar-refractivity contribution in [1.82, 2.24) is 4.90 Å². The predicted octanol–water partition coefficient (Wildman–Crippen LogP) is 3.83. The summed E-state index contributed by atoms with van der Waals surface area (Å²) in [6.07, 6.45) is -4.74. The van der Waals surface area contributed by atoms with E-state index in [1.807, 2.05) is 0 Å². The van der Waals surface area contributed by atoms with Crippen molar-refractivity contribution in [2.45, 2.75) is 19.1 Å². The summed E-state index contributed by atoms with van der Waals surface area (Å²) >= 11 is 0. The third-order valence-electron chi connectivity index (χ3n) is 4.39. The average Bonchev–Trinajstić information content (AvgIpc) is 2.97. The lowest BCUT2D eigenvalue weighted by Crippen LogP contribution is -2.28. The minimum absolute atomic E-state index is 0.00836. The molecule has 2 aromatic rings. The largest absolute Gasteiger partial charge is 0.418 e. The van der Waals surface area contributed by atoms with Crippen LogP contribution in [0.3, 0.4) is 0 Å². The van der Waals surface area contributed by atoms with Crippen molar-refractivity contribution in [2.24, 2.45) is 5.92 Å². The Balaban J connectivity index is 1.69. The number of nitrogens with zero attached hydrogens (tertiary/aromatic N) is 1. The Bertz CT molecular complexity index is 867. The smallest absolute Gasteiger partial charge is 0.337 e. The molecule has 1 fully saturated rings. The van der Waals surface area contributed by atoms with E-state index in [0.29, 0.717) is 5.56 Å². The van der Waals surface area contributed by atoms with Gasteiger partial charge in [0.25, 0.3) is 0 Å². The zero-order chi connectivity index (χ0) is 19.6. The van der Waals surface area contributed by atoms with Gasteiger partial charge in [-0.05, 0) is 18.2 Å². The van der Waals surface area contributed by atoms with E-state index in [1.165, 1.54) is 35.2 Å². The first-order valence-corrected chi connectivity index (χ1v) is 8.24. The summed E-state index contributed by atoms with van der Waals surface area (Å²) in [5.74, 6) is -2.28. The van der Waals surface area contributed by atoms with Gasteiger partial charge in [0.15, 0.2) is 0 Å². The molecule has 1 unspecified atom stereocenters. The molecule has 0 spiro atoms. The molecule has 0 aromatic heterocycles. The second-order valence-corrected chi connectivity index (χ2v) is 6.30. The van der Waals surface area contributed by atoms with Crippen LogP contribution in [-0.4, -0.2) is 23.3 Å². The highest BCUT2D eigenvalue weighted by Crippen LogP contribution is 2.35. The third kappa shape index (κ3) is 4.27. The SMILES string of the molecule is O=C(Nc1ccccc1C(F)(F)F)C1CC(=O)N(Cc2ccccc2F)C1. The average molecular weight is 380 g/mol. The van der Waals surface area contributed by atoms with E-state index in [2.05, 4.69) is 5.32 Å². The van der Waals surface area contributed by atoms with Crippen molar-refractivity contribution in [2.75, 3.05) is 11.9 Å². The third-order valence-corrected chi connectivity index (χ3v) is 4.39. The van der Waals surface area contributed by atoms with Gasteiger partial charge in [0, 0.05) is 25.1 Å². The lowest BCUT2D eigenvalue weighted by Gasteiger charge is -2.18. The van der Waals surface area contributed by atoms with Crippen LogP contribution in [0.4, 0.5) is 23.2 Å². The van der Waals surface area contributed by atoms with Crippen LogP contribution in [-0.2, 0) is 22.3 Å². The molecular formula is C19H16F4N2O2. The number of rotatable bonds is 4. The van der Waals surface area contributed by atoms with Crippen LogP contribution < -0.4 is 5.32 Å². The van der Waals surface area contributed by atoms with Crippen LogP contribution in [0.25, 0.3) is 0 Å². The molecule has 4 nitrogen and oxygen atoms in total. The van der Waals surface area contributed by atoms with Gasteiger partial charge in [0.1, 0.15) is 5.82 Å². The molecule has 142 valence electrons. The fourth-order valence-corrected chi connectivity index (χ4v) is 3.01. The number of carbonyl (C=O) groups excluding carboxylic acids is 2. The monoisotopic (exact) mass is 380 g/mol. The molecule has 3 rings (SSSR count). The number of alkyl halides is 3. The minimum Gasteiger partial charge on any atom is -0.337 e. The maximum absolute atomic E-state index is 13.7. The molecule has 1 atom stereocenters. The summed E-state index contributed by atoms with van der Waals surface area (Å²) in [6.45, 7) is 0.0294. The van der Waals surface area contributed by atoms with Crippen LogP contribution >= 0.6 is 0 Å². The van der Waals surface area contributed by atoms with Gasteiger partial charge in [-0.3, -0.25) is 9.59 Å². The molecule has 1 aliphatic heterocycles. The van der Waals surface area contributed by atoms with Gasteiger partial charge < -0.3 is 10.2 Å². The number of anilines is 1. The molecule has 1 N–H and O–H groups in total. The van der Waals surface area contributed by atoms with Gasteiger partial charge in [-0.25, -0.2) is 4.39 Å². The molecule has 1 heterocycles. The molecule has 0 aliphatic carbocycles. The van der Waals surface area contributed by atoms with Crippen LogP contribution in [0, 0.1) is 11.7 Å². The second kappa shape index (κ2) is 7.38. The first-order valence-electron chi connectivity index (χ1n) is 8.24. The fourth-order valence-electron chi connectivity index (χ4n) is 3.01. The molecule has 0 radical (unpaired) electrons. The normalized spacial score (nSPS) is 17.3. The Morgan fingerprint density at radius 2 is 1.78 bits per heavy atom. The number of amides is 2. The van der Waals surface area contributed by atoms with Crippen molar-refractivity contribution in [3.05, 3.63) is 65.5 Å². The van der Waals surface area contributed by atoms with E-state index in [0.717, 1.165) is 12.1 Å². The van der Waals surface area contributed by atoms with Gasteiger partial charge >= 0.3 is 6.18 Å². The number of carbonyl (C=O) groups is 2. The van der Waals surface area contributed by atoms with E-state index >= 15 is 0 Å². The molecule has 0 bridgehead atoms. The van der Waals surface area contributed by atoms with E-state index < -0.39 is 29.4 Å². The van der Waals surface area contributed by atoms with Gasteiger partial charge in [-0.1, -0.05) is 30.3 Å². The van der Waals surface area contributed by atoms with E-state index in [4.69, 9.17) is 0 Å².